The summed E-state index contributed by atoms with van der Waals surface area (Å²) in [5.74, 6) is -0.612. The van der Waals surface area contributed by atoms with E-state index >= 15 is 0 Å². The molecule has 0 unspecified atom stereocenters. The van der Waals surface area contributed by atoms with Crippen molar-refractivity contribution in [2.45, 2.75) is 50.3 Å². The Kier molecular flexibility index (Phi) is 6.28. The summed E-state index contributed by atoms with van der Waals surface area (Å²) in [5.41, 5.74) is 1.66. The van der Waals surface area contributed by atoms with E-state index < -0.39 is 15.4 Å². The maximum atomic E-state index is 13.2. The molecule has 0 atom stereocenters. The number of nitrogens with one attached hydrogen (secondary N) is 1. The number of carbonyl (C=O) groups excluding carboxylic acids is 2. The number of piperidine rings is 1. The molecule has 0 aliphatic carbocycles. The average molecular weight is 490 g/mol. The van der Waals surface area contributed by atoms with Gasteiger partial charge in [0.15, 0.2) is 0 Å². The molecule has 0 bridgehead atoms. The molecule has 2 aliphatic rings. The zero-order valence-electron chi connectivity index (χ0n) is 19.0. The van der Waals surface area contributed by atoms with Gasteiger partial charge in [0.1, 0.15) is 6.54 Å². The van der Waals surface area contributed by atoms with Crippen LogP contribution in [0.2, 0.25) is 5.02 Å². The molecule has 9 heteroatoms. The minimum atomic E-state index is -3.63. The zero-order valence-corrected chi connectivity index (χ0v) is 20.6. The van der Waals surface area contributed by atoms with Crippen LogP contribution < -0.4 is 10.2 Å². The Hall–Kier alpha value is -2.42. The van der Waals surface area contributed by atoms with Crippen molar-refractivity contribution in [2.24, 2.45) is 0 Å². The summed E-state index contributed by atoms with van der Waals surface area (Å²) < 4.78 is 27.8. The first-order valence-corrected chi connectivity index (χ1v) is 12.9. The Bertz CT molecular complexity index is 1220. The third-order valence-electron chi connectivity index (χ3n) is 6.42. The van der Waals surface area contributed by atoms with Crippen LogP contribution in [0.1, 0.15) is 44.2 Å². The molecular formula is C24H28ClN3O4S. The van der Waals surface area contributed by atoms with Gasteiger partial charge in [0, 0.05) is 29.5 Å². The maximum absolute atomic E-state index is 13.2. The normalized spacial score (nSPS) is 18.3. The summed E-state index contributed by atoms with van der Waals surface area (Å²) in [5, 5.41) is 3.32. The number of carbonyl (C=O) groups is 2. The third kappa shape index (κ3) is 4.39. The number of amides is 2. The predicted octanol–water partition coefficient (Wildman–Crippen LogP) is 4.09. The van der Waals surface area contributed by atoms with Gasteiger partial charge in [-0.25, -0.2) is 8.42 Å². The highest BCUT2D eigenvalue weighted by atomic mass is 35.5. The minimum Gasteiger partial charge on any atom is -0.324 e. The fourth-order valence-corrected chi connectivity index (χ4v) is 6.12. The molecule has 2 amide bonds. The van der Waals surface area contributed by atoms with Crippen LogP contribution in [0.25, 0.3) is 0 Å². The van der Waals surface area contributed by atoms with Gasteiger partial charge < -0.3 is 10.2 Å². The molecule has 2 aromatic rings. The van der Waals surface area contributed by atoms with Crippen molar-refractivity contribution in [3.05, 3.63) is 52.5 Å². The van der Waals surface area contributed by atoms with E-state index in [1.807, 2.05) is 13.0 Å². The number of halogens is 1. The molecule has 4 rings (SSSR count). The van der Waals surface area contributed by atoms with Crippen molar-refractivity contribution < 1.29 is 18.0 Å². The zero-order chi connectivity index (χ0) is 24.0. The molecule has 0 aromatic heterocycles. The number of fused-ring (bicyclic) bond motifs is 1. The highest BCUT2D eigenvalue weighted by Gasteiger charge is 2.45. The summed E-state index contributed by atoms with van der Waals surface area (Å²) >= 11 is 6.13. The van der Waals surface area contributed by atoms with Crippen molar-refractivity contribution >= 4 is 44.8 Å². The number of rotatable bonds is 5. The Morgan fingerprint density at radius 3 is 2.45 bits per heavy atom. The van der Waals surface area contributed by atoms with Crippen LogP contribution in [0.3, 0.4) is 0 Å². The van der Waals surface area contributed by atoms with Gasteiger partial charge in [0.05, 0.1) is 10.3 Å². The fraction of sp³-hybridized carbons (Fsp3) is 0.417. The lowest BCUT2D eigenvalue weighted by molar-refractivity contribution is -0.124. The Morgan fingerprint density at radius 1 is 1.09 bits per heavy atom. The average Bonchev–Trinajstić information content (AvgIpc) is 2.97. The van der Waals surface area contributed by atoms with Gasteiger partial charge in [-0.3, -0.25) is 9.59 Å². The van der Waals surface area contributed by atoms with Crippen LogP contribution in [-0.4, -0.2) is 44.2 Å². The molecule has 7 nitrogen and oxygen atoms in total. The van der Waals surface area contributed by atoms with Crippen LogP contribution >= 0.6 is 11.6 Å². The molecule has 1 fully saturated rings. The standard InChI is InChI=1S/C24H28ClN3O4S/c1-16-7-8-17(13-20(16)25)26-22(29)15-28-21-10-9-18(14-19(21)24(2,3)23(28)30)33(31,32)27-11-5-4-6-12-27/h7-10,13-14H,4-6,11-12,15H2,1-3H3,(H,26,29). The lowest BCUT2D eigenvalue weighted by Gasteiger charge is -2.26. The lowest BCUT2D eigenvalue weighted by Crippen LogP contribution is -2.40. The highest BCUT2D eigenvalue weighted by molar-refractivity contribution is 7.89. The van der Waals surface area contributed by atoms with Crippen molar-refractivity contribution in [3.63, 3.8) is 0 Å². The van der Waals surface area contributed by atoms with E-state index in [9.17, 15) is 18.0 Å². The highest BCUT2D eigenvalue weighted by Crippen LogP contribution is 2.43. The number of nitrogens with zero attached hydrogens (tertiary/aromatic N) is 2. The van der Waals surface area contributed by atoms with Crippen molar-refractivity contribution in [2.75, 3.05) is 29.9 Å². The van der Waals surface area contributed by atoms with Gasteiger partial charge in [-0.2, -0.15) is 4.31 Å². The van der Waals surface area contributed by atoms with E-state index in [2.05, 4.69) is 5.32 Å². The van der Waals surface area contributed by atoms with Crippen LogP contribution in [0.4, 0.5) is 11.4 Å². The summed E-state index contributed by atoms with van der Waals surface area (Å²) in [6.07, 6.45) is 2.73. The number of hydrogen-bond acceptors (Lipinski definition) is 4. The van der Waals surface area contributed by atoms with E-state index in [0.717, 1.165) is 24.8 Å². The Morgan fingerprint density at radius 2 is 1.79 bits per heavy atom. The van der Waals surface area contributed by atoms with E-state index in [4.69, 9.17) is 11.6 Å². The second kappa shape index (κ2) is 8.74. The first kappa shape index (κ1) is 23.7. The molecule has 0 saturated carbocycles. The third-order valence-corrected chi connectivity index (χ3v) is 8.72. The first-order chi connectivity index (χ1) is 15.5. The number of benzene rings is 2. The lowest BCUT2D eigenvalue weighted by atomic mass is 9.86. The summed E-state index contributed by atoms with van der Waals surface area (Å²) in [7, 11) is -3.63. The van der Waals surface area contributed by atoms with Crippen LogP contribution in [0.15, 0.2) is 41.3 Å². The molecule has 0 radical (unpaired) electrons. The first-order valence-electron chi connectivity index (χ1n) is 11.0. The molecule has 2 aromatic carbocycles. The van der Waals surface area contributed by atoms with E-state index in [-0.39, 0.29) is 23.3 Å². The van der Waals surface area contributed by atoms with E-state index in [1.54, 1.807) is 38.1 Å². The SMILES string of the molecule is Cc1ccc(NC(=O)CN2C(=O)C(C)(C)c3cc(S(=O)(=O)N4CCCCC4)ccc32)cc1Cl. The van der Waals surface area contributed by atoms with Gasteiger partial charge in [-0.15, -0.1) is 0 Å². The quantitative estimate of drug-likeness (QED) is 0.685. The van der Waals surface area contributed by atoms with Gasteiger partial charge in [-0.1, -0.05) is 24.1 Å². The molecule has 2 heterocycles. The van der Waals surface area contributed by atoms with Crippen LogP contribution in [0, 0.1) is 6.92 Å². The predicted molar refractivity (Wildman–Crippen MR) is 129 cm³/mol. The van der Waals surface area contributed by atoms with Crippen molar-refractivity contribution in [1.29, 1.82) is 0 Å². The van der Waals surface area contributed by atoms with Crippen LogP contribution in [-0.2, 0) is 25.0 Å². The number of anilines is 2. The minimum absolute atomic E-state index is 0.182. The number of aryl methyl sites for hydroxylation is 1. The summed E-state index contributed by atoms with van der Waals surface area (Å²) in [4.78, 5) is 27.5. The molecule has 2 aliphatic heterocycles. The van der Waals surface area contributed by atoms with Gasteiger partial charge in [0.2, 0.25) is 21.8 Å². The summed E-state index contributed by atoms with van der Waals surface area (Å²) in [6, 6.07) is 9.98. The van der Waals surface area contributed by atoms with Gasteiger partial charge in [-0.05, 0) is 75.1 Å². The second-order valence-corrected chi connectivity index (χ2v) is 11.5. The smallest absolute Gasteiger partial charge is 0.244 e. The maximum Gasteiger partial charge on any atom is 0.244 e. The van der Waals surface area contributed by atoms with Gasteiger partial charge in [0.25, 0.3) is 0 Å². The Labute approximate surface area is 199 Å². The Balaban J connectivity index is 1.59. The monoisotopic (exact) mass is 489 g/mol. The largest absolute Gasteiger partial charge is 0.324 e. The molecule has 176 valence electrons. The van der Waals surface area contributed by atoms with Crippen LogP contribution in [0.5, 0.6) is 0 Å². The number of hydrogen-bond donors (Lipinski definition) is 1. The van der Waals surface area contributed by atoms with E-state index in [0.29, 0.717) is 35.1 Å². The second-order valence-electron chi connectivity index (χ2n) is 9.17. The number of sulfonamides is 1. The van der Waals surface area contributed by atoms with Crippen molar-refractivity contribution in [3.8, 4) is 0 Å². The summed E-state index contributed by atoms with van der Waals surface area (Å²) in [6.45, 7) is 6.22. The molecule has 33 heavy (non-hydrogen) atoms. The molecule has 0 spiro atoms. The topological polar surface area (TPSA) is 86.8 Å². The van der Waals surface area contributed by atoms with Gasteiger partial charge >= 0.3 is 0 Å². The molecular weight excluding hydrogens is 462 g/mol. The van der Waals surface area contributed by atoms with Crippen molar-refractivity contribution in [1.82, 2.24) is 4.31 Å². The fourth-order valence-electron chi connectivity index (χ4n) is 4.40. The molecule has 1 saturated heterocycles. The molecule has 1 N–H and O–H groups in total. The van der Waals surface area contributed by atoms with E-state index in [1.165, 1.54) is 15.3 Å².